The standard InChI is InChI=1S/C13H14FN3O/c1-15-8-10-5-6-16-13(17-10)9-3-4-11(14)12(7-9)18-2/h3-7,15H,8H2,1-2H3. The van der Waals surface area contributed by atoms with Crippen LogP contribution in [0.3, 0.4) is 0 Å². The molecule has 0 unspecified atom stereocenters. The third-order valence-corrected chi connectivity index (χ3v) is 2.48. The first-order valence-electron chi connectivity index (χ1n) is 5.55. The smallest absolute Gasteiger partial charge is 0.165 e. The van der Waals surface area contributed by atoms with Crippen molar-refractivity contribution in [1.29, 1.82) is 0 Å². The topological polar surface area (TPSA) is 47.0 Å². The monoisotopic (exact) mass is 247 g/mol. The van der Waals surface area contributed by atoms with Crippen molar-refractivity contribution in [3.63, 3.8) is 0 Å². The number of benzene rings is 1. The highest BCUT2D eigenvalue weighted by molar-refractivity contribution is 5.57. The number of rotatable bonds is 4. The van der Waals surface area contributed by atoms with Gasteiger partial charge in [-0.1, -0.05) is 0 Å². The molecular weight excluding hydrogens is 233 g/mol. The molecule has 0 fully saturated rings. The van der Waals surface area contributed by atoms with Gasteiger partial charge >= 0.3 is 0 Å². The van der Waals surface area contributed by atoms with E-state index in [1.165, 1.54) is 13.2 Å². The summed E-state index contributed by atoms with van der Waals surface area (Å²) in [5.41, 5.74) is 1.61. The number of hydrogen-bond donors (Lipinski definition) is 1. The SMILES string of the molecule is CNCc1ccnc(-c2ccc(F)c(OC)c2)n1. The van der Waals surface area contributed by atoms with Crippen LogP contribution in [0.1, 0.15) is 5.69 Å². The molecule has 0 aliphatic heterocycles. The number of nitrogens with zero attached hydrogens (tertiary/aromatic N) is 2. The van der Waals surface area contributed by atoms with Crippen LogP contribution in [0.15, 0.2) is 30.5 Å². The molecule has 2 rings (SSSR count). The molecule has 1 heterocycles. The van der Waals surface area contributed by atoms with E-state index in [9.17, 15) is 4.39 Å². The highest BCUT2D eigenvalue weighted by Gasteiger charge is 2.07. The first-order chi connectivity index (χ1) is 8.74. The number of ether oxygens (including phenoxy) is 1. The molecule has 5 heteroatoms. The zero-order valence-corrected chi connectivity index (χ0v) is 10.3. The summed E-state index contributed by atoms with van der Waals surface area (Å²) >= 11 is 0. The highest BCUT2D eigenvalue weighted by atomic mass is 19.1. The molecular formula is C13H14FN3O. The lowest BCUT2D eigenvalue weighted by Gasteiger charge is -2.06. The second-order valence-electron chi connectivity index (χ2n) is 3.75. The van der Waals surface area contributed by atoms with Crippen LogP contribution in [-0.2, 0) is 6.54 Å². The number of aromatic nitrogens is 2. The van der Waals surface area contributed by atoms with Gasteiger partial charge in [0.15, 0.2) is 17.4 Å². The maximum atomic E-state index is 13.3. The maximum Gasteiger partial charge on any atom is 0.165 e. The van der Waals surface area contributed by atoms with Gasteiger partial charge in [0.25, 0.3) is 0 Å². The lowest BCUT2D eigenvalue weighted by Crippen LogP contribution is -2.07. The first kappa shape index (κ1) is 12.4. The van der Waals surface area contributed by atoms with Crippen LogP contribution in [0.25, 0.3) is 11.4 Å². The molecule has 0 atom stereocenters. The molecule has 0 spiro atoms. The summed E-state index contributed by atoms with van der Waals surface area (Å²) in [4.78, 5) is 8.57. The van der Waals surface area contributed by atoms with Gasteiger partial charge in [-0.3, -0.25) is 0 Å². The van der Waals surface area contributed by atoms with Crippen molar-refractivity contribution in [2.75, 3.05) is 14.2 Å². The van der Waals surface area contributed by atoms with Crippen molar-refractivity contribution in [3.05, 3.63) is 42.0 Å². The van der Waals surface area contributed by atoms with Crippen LogP contribution < -0.4 is 10.1 Å². The van der Waals surface area contributed by atoms with E-state index in [1.807, 2.05) is 13.1 Å². The van der Waals surface area contributed by atoms with Gasteiger partial charge in [0.1, 0.15) is 0 Å². The Kier molecular flexibility index (Phi) is 3.84. The van der Waals surface area contributed by atoms with E-state index >= 15 is 0 Å². The molecule has 1 N–H and O–H groups in total. The summed E-state index contributed by atoms with van der Waals surface area (Å²) in [6.07, 6.45) is 1.69. The van der Waals surface area contributed by atoms with E-state index in [2.05, 4.69) is 15.3 Å². The fraction of sp³-hybridized carbons (Fsp3) is 0.231. The van der Waals surface area contributed by atoms with Gasteiger partial charge in [-0.15, -0.1) is 0 Å². The van der Waals surface area contributed by atoms with Crippen LogP contribution in [0.5, 0.6) is 5.75 Å². The Hall–Kier alpha value is -2.01. The van der Waals surface area contributed by atoms with Crippen molar-refractivity contribution < 1.29 is 9.13 Å². The minimum Gasteiger partial charge on any atom is -0.494 e. The Morgan fingerprint density at radius 1 is 1.33 bits per heavy atom. The van der Waals surface area contributed by atoms with Gasteiger partial charge in [0, 0.05) is 18.3 Å². The summed E-state index contributed by atoms with van der Waals surface area (Å²) < 4.78 is 18.3. The summed E-state index contributed by atoms with van der Waals surface area (Å²) in [6.45, 7) is 0.661. The third-order valence-electron chi connectivity index (χ3n) is 2.48. The average molecular weight is 247 g/mol. The van der Waals surface area contributed by atoms with E-state index in [-0.39, 0.29) is 5.75 Å². The van der Waals surface area contributed by atoms with Crippen molar-refractivity contribution in [1.82, 2.24) is 15.3 Å². The molecule has 2 aromatic rings. The molecule has 0 saturated carbocycles. The third kappa shape index (κ3) is 2.62. The van der Waals surface area contributed by atoms with Crippen molar-refractivity contribution in [2.24, 2.45) is 0 Å². The summed E-state index contributed by atoms with van der Waals surface area (Å²) in [5, 5.41) is 3.02. The molecule has 1 aromatic heterocycles. The quantitative estimate of drug-likeness (QED) is 0.897. The zero-order valence-electron chi connectivity index (χ0n) is 10.3. The predicted molar refractivity (Wildman–Crippen MR) is 66.7 cm³/mol. The van der Waals surface area contributed by atoms with Gasteiger partial charge in [0.05, 0.1) is 12.8 Å². The average Bonchev–Trinajstić information content (AvgIpc) is 2.40. The Morgan fingerprint density at radius 2 is 2.17 bits per heavy atom. The molecule has 0 aliphatic rings. The van der Waals surface area contributed by atoms with Gasteiger partial charge in [-0.05, 0) is 31.3 Å². The van der Waals surface area contributed by atoms with Crippen LogP contribution in [0.4, 0.5) is 4.39 Å². The Balaban J connectivity index is 2.38. The van der Waals surface area contributed by atoms with E-state index in [4.69, 9.17) is 4.74 Å². The molecule has 18 heavy (non-hydrogen) atoms. The van der Waals surface area contributed by atoms with E-state index < -0.39 is 5.82 Å². The first-order valence-corrected chi connectivity index (χ1v) is 5.55. The second-order valence-corrected chi connectivity index (χ2v) is 3.75. The minimum atomic E-state index is -0.396. The number of hydrogen-bond acceptors (Lipinski definition) is 4. The lowest BCUT2D eigenvalue weighted by atomic mass is 10.2. The Morgan fingerprint density at radius 3 is 2.89 bits per heavy atom. The minimum absolute atomic E-state index is 0.190. The molecule has 0 radical (unpaired) electrons. The highest BCUT2D eigenvalue weighted by Crippen LogP contribution is 2.23. The van der Waals surface area contributed by atoms with E-state index in [0.29, 0.717) is 12.4 Å². The molecule has 0 saturated heterocycles. The molecule has 0 bridgehead atoms. The number of halogens is 1. The van der Waals surface area contributed by atoms with E-state index in [1.54, 1.807) is 18.3 Å². The second kappa shape index (κ2) is 5.55. The number of nitrogens with one attached hydrogen (secondary N) is 1. The van der Waals surface area contributed by atoms with E-state index in [0.717, 1.165) is 11.3 Å². The maximum absolute atomic E-state index is 13.3. The predicted octanol–water partition coefficient (Wildman–Crippen LogP) is 2.01. The molecule has 0 amide bonds. The molecule has 1 aromatic carbocycles. The van der Waals surface area contributed by atoms with Crippen LogP contribution in [-0.4, -0.2) is 24.1 Å². The van der Waals surface area contributed by atoms with Gasteiger partial charge in [-0.2, -0.15) is 0 Å². The van der Waals surface area contributed by atoms with Gasteiger partial charge in [0.2, 0.25) is 0 Å². The van der Waals surface area contributed by atoms with Crippen LogP contribution >= 0.6 is 0 Å². The zero-order chi connectivity index (χ0) is 13.0. The van der Waals surface area contributed by atoms with Crippen LogP contribution in [0, 0.1) is 5.82 Å². The fourth-order valence-corrected chi connectivity index (χ4v) is 1.61. The van der Waals surface area contributed by atoms with Gasteiger partial charge in [-0.25, -0.2) is 14.4 Å². The van der Waals surface area contributed by atoms with Crippen molar-refractivity contribution in [3.8, 4) is 17.1 Å². The normalized spacial score (nSPS) is 10.4. The molecule has 94 valence electrons. The summed E-state index contributed by atoms with van der Waals surface area (Å²) in [7, 11) is 3.28. The fourth-order valence-electron chi connectivity index (χ4n) is 1.61. The summed E-state index contributed by atoms with van der Waals surface area (Å²) in [6, 6.07) is 6.41. The van der Waals surface area contributed by atoms with Gasteiger partial charge < -0.3 is 10.1 Å². The van der Waals surface area contributed by atoms with Crippen molar-refractivity contribution in [2.45, 2.75) is 6.54 Å². The Labute approximate surface area is 105 Å². The summed E-state index contributed by atoms with van der Waals surface area (Å²) in [5.74, 6) is 0.351. The Bertz CT molecular complexity index is 546. The largest absolute Gasteiger partial charge is 0.494 e. The van der Waals surface area contributed by atoms with Crippen molar-refractivity contribution >= 4 is 0 Å². The van der Waals surface area contributed by atoms with Crippen LogP contribution in [0.2, 0.25) is 0 Å². The molecule has 4 nitrogen and oxygen atoms in total. The lowest BCUT2D eigenvalue weighted by molar-refractivity contribution is 0.386. The number of methoxy groups -OCH3 is 1. The molecule has 0 aliphatic carbocycles.